The van der Waals surface area contributed by atoms with Crippen LogP contribution in [0.3, 0.4) is 0 Å². The van der Waals surface area contributed by atoms with E-state index < -0.39 is 0 Å². The van der Waals surface area contributed by atoms with Crippen molar-refractivity contribution in [3.8, 4) is 17.3 Å². The van der Waals surface area contributed by atoms with Crippen molar-refractivity contribution in [2.24, 2.45) is 0 Å². The van der Waals surface area contributed by atoms with E-state index in [1.54, 1.807) is 0 Å². The Morgan fingerprint density at radius 1 is 1.15 bits per heavy atom. The van der Waals surface area contributed by atoms with Crippen LogP contribution in [0.25, 0.3) is 11.3 Å². The first-order valence-electron chi connectivity index (χ1n) is 6.61. The van der Waals surface area contributed by atoms with Crippen molar-refractivity contribution in [3.05, 3.63) is 41.5 Å². The van der Waals surface area contributed by atoms with E-state index in [9.17, 15) is 0 Å². The minimum absolute atomic E-state index is 0.483. The second kappa shape index (κ2) is 6.16. The van der Waals surface area contributed by atoms with Crippen molar-refractivity contribution >= 4 is 5.82 Å². The highest BCUT2D eigenvalue weighted by molar-refractivity contribution is 5.64. The van der Waals surface area contributed by atoms with Gasteiger partial charge in [-0.1, -0.05) is 17.7 Å². The Morgan fingerprint density at radius 2 is 1.95 bits per heavy atom. The third kappa shape index (κ3) is 3.12. The lowest BCUT2D eigenvalue weighted by Gasteiger charge is -2.16. The zero-order chi connectivity index (χ0) is 14.5. The Kier molecular flexibility index (Phi) is 4.31. The second-order valence-corrected chi connectivity index (χ2v) is 4.92. The van der Waals surface area contributed by atoms with E-state index in [2.05, 4.69) is 48.3 Å². The van der Waals surface area contributed by atoms with Gasteiger partial charge in [0.25, 0.3) is 0 Å². The van der Waals surface area contributed by atoms with Gasteiger partial charge < -0.3 is 4.90 Å². The van der Waals surface area contributed by atoms with Crippen LogP contribution in [0.15, 0.2) is 30.3 Å². The number of benzene rings is 1. The van der Waals surface area contributed by atoms with Crippen LogP contribution >= 0.6 is 0 Å². The molecule has 4 heteroatoms. The first-order chi connectivity index (χ1) is 9.61. The SMILES string of the molecule is Cc1ccc(C)c(-c2ccc(N(C)CCC#N)nn2)c1. The Morgan fingerprint density at radius 3 is 2.60 bits per heavy atom. The van der Waals surface area contributed by atoms with Gasteiger partial charge in [0.05, 0.1) is 18.2 Å². The number of aryl methyl sites for hydroxylation is 2. The fourth-order valence-electron chi connectivity index (χ4n) is 2.02. The van der Waals surface area contributed by atoms with Crippen molar-refractivity contribution in [1.29, 1.82) is 5.26 Å². The molecular formula is C16H18N4. The number of hydrogen-bond acceptors (Lipinski definition) is 4. The van der Waals surface area contributed by atoms with Crippen LogP contribution in [0.4, 0.5) is 5.82 Å². The number of nitriles is 1. The van der Waals surface area contributed by atoms with Gasteiger partial charge in [0.1, 0.15) is 0 Å². The predicted octanol–water partition coefficient (Wildman–Crippen LogP) is 3.11. The zero-order valence-corrected chi connectivity index (χ0v) is 12.1. The van der Waals surface area contributed by atoms with Gasteiger partial charge in [-0.15, -0.1) is 10.2 Å². The topological polar surface area (TPSA) is 52.8 Å². The minimum atomic E-state index is 0.483. The number of rotatable bonds is 4. The molecule has 0 atom stereocenters. The second-order valence-electron chi connectivity index (χ2n) is 4.92. The van der Waals surface area contributed by atoms with E-state index in [1.807, 2.05) is 24.1 Å². The zero-order valence-electron chi connectivity index (χ0n) is 12.1. The first-order valence-corrected chi connectivity index (χ1v) is 6.61. The molecule has 0 spiro atoms. The molecule has 0 radical (unpaired) electrons. The molecule has 0 saturated carbocycles. The predicted molar refractivity (Wildman–Crippen MR) is 80.4 cm³/mol. The van der Waals surface area contributed by atoms with E-state index >= 15 is 0 Å². The third-order valence-corrected chi connectivity index (χ3v) is 3.27. The fraction of sp³-hybridized carbons (Fsp3) is 0.312. The largest absolute Gasteiger partial charge is 0.357 e. The standard InChI is InChI=1S/C16H18N4/c1-12-5-6-13(2)14(11-12)15-7-8-16(19-18-15)20(3)10-4-9-17/h5-8,11H,4,10H2,1-3H3. The molecule has 0 amide bonds. The highest BCUT2D eigenvalue weighted by Crippen LogP contribution is 2.23. The summed E-state index contributed by atoms with van der Waals surface area (Å²) in [6.07, 6.45) is 0.483. The summed E-state index contributed by atoms with van der Waals surface area (Å²) >= 11 is 0. The van der Waals surface area contributed by atoms with Gasteiger partial charge >= 0.3 is 0 Å². The number of aromatic nitrogens is 2. The van der Waals surface area contributed by atoms with Gasteiger partial charge in [0.15, 0.2) is 5.82 Å². The smallest absolute Gasteiger partial charge is 0.151 e. The summed E-state index contributed by atoms with van der Waals surface area (Å²) in [6, 6.07) is 12.4. The van der Waals surface area contributed by atoms with E-state index in [-0.39, 0.29) is 0 Å². The quantitative estimate of drug-likeness (QED) is 0.853. The minimum Gasteiger partial charge on any atom is -0.357 e. The maximum absolute atomic E-state index is 8.60. The van der Waals surface area contributed by atoms with E-state index in [0.29, 0.717) is 13.0 Å². The Balaban J connectivity index is 2.24. The molecule has 0 N–H and O–H groups in total. The van der Waals surface area contributed by atoms with Crippen LogP contribution in [0.5, 0.6) is 0 Å². The summed E-state index contributed by atoms with van der Waals surface area (Å²) in [5.41, 5.74) is 4.39. The van der Waals surface area contributed by atoms with Gasteiger partial charge in [-0.2, -0.15) is 5.26 Å². The first kappa shape index (κ1) is 14.0. The van der Waals surface area contributed by atoms with Crippen molar-refractivity contribution in [2.45, 2.75) is 20.3 Å². The molecule has 2 aromatic rings. The van der Waals surface area contributed by atoms with Gasteiger partial charge in [0, 0.05) is 19.2 Å². The summed E-state index contributed by atoms with van der Waals surface area (Å²) in [6.45, 7) is 4.80. The maximum atomic E-state index is 8.60. The molecule has 0 bridgehead atoms. The maximum Gasteiger partial charge on any atom is 0.151 e. The fourth-order valence-corrected chi connectivity index (χ4v) is 2.02. The average molecular weight is 266 g/mol. The summed E-state index contributed by atoms with van der Waals surface area (Å²) in [5.74, 6) is 0.786. The van der Waals surface area contributed by atoms with E-state index in [0.717, 1.165) is 17.1 Å². The summed E-state index contributed by atoms with van der Waals surface area (Å²) in [4.78, 5) is 1.93. The van der Waals surface area contributed by atoms with Crippen LogP contribution < -0.4 is 4.90 Å². The number of anilines is 1. The number of nitrogens with zero attached hydrogens (tertiary/aromatic N) is 4. The molecule has 2 rings (SSSR count). The summed E-state index contributed by atoms with van der Waals surface area (Å²) in [5, 5.41) is 17.1. The normalized spacial score (nSPS) is 10.1. The van der Waals surface area contributed by atoms with E-state index in [4.69, 9.17) is 5.26 Å². The summed E-state index contributed by atoms with van der Waals surface area (Å²) in [7, 11) is 1.92. The molecule has 0 aliphatic rings. The molecule has 102 valence electrons. The van der Waals surface area contributed by atoms with Crippen molar-refractivity contribution in [1.82, 2.24) is 10.2 Å². The van der Waals surface area contributed by atoms with Crippen molar-refractivity contribution in [3.63, 3.8) is 0 Å². The Bertz CT molecular complexity index is 626. The third-order valence-electron chi connectivity index (χ3n) is 3.27. The summed E-state index contributed by atoms with van der Waals surface area (Å²) < 4.78 is 0. The van der Waals surface area contributed by atoms with Gasteiger partial charge in [-0.3, -0.25) is 0 Å². The lowest BCUT2D eigenvalue weighted by Crippen LogP contribution is -2.19. The number of hydrogen-bond donors (Lipinski definition) is 0. The van der Waals surface area contributed by atoms with Crippen LogP contribution in [-0.4, -0.2) is 23.8 Å². The molecule has 0 fully saturated rings. The molecule has 4 nitrogen and oxygen atoms in total. The lowest BCUT2D eigenvalue weighted by molar-refractivity contribution is 0.860. The molecule has 0 saturated heterocycles. The molecule has 1 aromatic carbocycles. The van der Waals surface area contributed by atoms with Gasteiger partial charge in [-0.25, -0.2) is 0 Å². The molecule has 1 aromatic heterocycles. The lowest BCUT2D eigenvalue weighted by atomic mass is 10.0. The molecule has 0 aliphatic heterocycles. The average Bonchev–Trinajstić information content (AvgIpc) is 2.47. The van der Waals surface area contributed by atoms with Crippen LogP contribution in [-0.2, 0) is 0 Å². The Hall–Kier alpha value is -2.41. The van der Waals surface area contributed by atoms with Crippen molar-refractivity contribution < 1.29 is 0 Å². The Labute approximate surface area is 119 Å². The van der Waals surface area contributed by atoms with E-state index in [1.165, 1.54) is 11.1 Å². The van der Waals surface area contributed by atoms with Crippen LogP contribution in [0.1, 0.15) is 17.5 Å². The highest BCUT2D eigenvalue weighted by atomic mass is 15.2. The molecule has 1 heterocycles. The van der Waals surface area contributed by atoms with Gasteiger partial charge in [0.2, 0.25) is 0 Å². The van der Waals surface area contributed by atoms with Crippen LogP contribution in [0.2, 0.25) is 0 Å². The van der Waals surface area contributed by atoms with Crippen LogP contribution in [0, 0.1) is 25.2 Å². The molecule has 0 aliphatic carbocycles. The highest BCUT2D eigenvalue weighted by Gasteiger charge is 2.07. The molecule has 0 unspecified atom stereocenters. The monoisotopic (exact) mass is 266 g/mol. The van der Waals surface area contributed by atoms with Crippen molar-refractivity contribution in [2.75, 3.05) is 18.5 Å². The van der Waals surface area contributed by atoms with Gasteiger partial charge in [-0.05, 0) is 37.6 Å². The molecule has 20 heavy (non-hydrogen) atoms. The molecular weight excluding hydrogens is 248 g/mol.